The molecule has 0 heterocycles. The van der Waals surface area contributed by atoms with Crippen LogP contribution in [-0.4, -0.2) is 61.5 Å². The minimum Gasteiger partial charge on any atom is -0.352 e. The van der Waals surface area contributed by atoms with Gasteiger partial charge in [-0.2, -0.15) is 0 Å². The molecule has 0 radical (unpaired) electrons. The number of anilines is 1. The predicted octanol–water partition coefficient (Wildman–Crippen LogP) is 2.65. The molecule has 0 aliphatic rings. The van der Waals surface area contributed by atoms with Crippen molar-refractivity contribution in [2.75, 3.05) is 23.7 Å². The van der Waals surface area contributed by atoms with Crippen molar-refractivity contribution >= 4 is 33.2 Å². The SMILES string of the molecule is Cc1ccc([N+](=O)[O-])cc1N(CC(=O)N(CCc1ccccc1)[C@@H](C)C(=O)NC(C)C)S(C)(=O)=O. The molecule has 0 aromatic heterocycles. The number of nitro benzene ring substituents is 1. The van der Waals surface area contributed by atoms with Crippen LogP contribution in [0, 0.1) is 17.0 Å². The standard InChI is InChI=1S/C24H32N4O6S/c1-17(2)25-24(30)19(4)26(14-13-20-9-7-6-8-10-20)23(29)16-27(35(5,33)34)22-15-21(28(31)32)12-11-18(22)3/h6-12,15,17,19H,13-14,16H2,1-5H3,(H,25,30)/t19-/m0/s1. The third-order valence-corrected chi connectivity index (χ3v) is 6.56. The zero-order valence-corrected chi connectivity index (χ0v) is 21.4. The van der Waals surface area contributed by atoms with E-state index in [0.717, 1.165) is 22.2 Å². The molecule has 0 bridgehead atoms. The van der Waals surface area contributed by atoms with E-state index in [0.29, 0.717) is 12.0 Å². The van der Waals surface area contributed by atoms with Crippen LogP contribution in [0.25, 0.3) is 0 Å². The van der Waals surface area contributed by atoms with Gasteiger partial charge in [-0.05, 0) is 45.2 Å². The van der Waals surface area contributed by atoms with Gasteiger partial charge < -0.3 is 10.2 Å². The number of hydrogen-bond acceptors (Lipinski definition) is 6. The topological polar surface area (TPSA) is 130 Å². The monoisotopic (exact) mass is 504 g/mol. The summed E-state index contributed by atoms with van der Waals surface area (Å²) in [6, 6.07) is 12.2. The number of benzene rings is 2. The van der Waals surface area contributed by atoms with Gasteiger partial charge in [-0.25, -0.2) is 8.42 Å². The average molecular weight is 505 g/mol. The highest BCUT2D eigenvalue weighted by atomic mass is 32.2. The van der Waals surface area contributed by atoms with Gasteiger partial charge >= 0.3 is 0 Å². The van der Waals surface area contributed by atoms with Crippen molar-refractivity contribution in [2.24, 2.45) is 0 Å². The number of nitrogens with zero attached hydrogens (tertiary/aromatic N) is 3. The van der Waals surface area contributed by atoms with Crippen molar-refractivity contribution in [3.05, 3.63) is 69.8 Å². The quantitative estimate of drug-likeness (QED) is 0.370. The first-order valence-corrected chi connectivity index (χ1v) is 13.0. The molecule has 0 saturated carbocycles. The Kier molecular flexibility index (Phi) is 9.35. The second-order valence-corrected chi connectivity index (χ2v) is 10.6. The third-order valence-electron chi connectivity index (χ3n) is 5.43. The fourth-order valence-corrected chi connectivity index (χ4v) is 4.45. The lowest BCUT2D eigenvalue weighted by Gasteiger charge is -2.32. The molecule has 1 atom stereocenters. The molecule has 0 spiro atoms. The maximum Gasteiger partial charge on any atom is 0.271 e. The lowest BCUT2D eigenvalue weighted by Crippen LogP contribution is -2.53. The Morgan fingerprint density at radius 1 is 1.09 bits per heavy atom. The van der Waals surface area contributed by atoms with E-state index in [-0.39, 0.29) is 29.9 Å². The Morgan fingerprint density at radius 2 is 1.71 bits per heavy atom. The molecule has 2 amide bonds. The largest absolute Gasteiger partial charge is 0.352 e. The Hall–Kier alpha value is -3.47. The molecule has 2 aromatic rings. The number of carbonyl (C=O) groups excluding carboxylic acids is 2. The smallest absolute Gasteiger partial charge is 0.271 e. The van der Waals surface area contributed by atoms with Crippen LogP contribution in [0.2, 0.25) is 0 Å². The molecular weight excluding hydrogens is 472 g/mol. The second kappa shape index (κ2) is 11.8. The van der Waals surface area contributed by atoms with Gasteiger partial charge in [0.05, 0.1) is 16.9 Å². The number of hydrogen-bond donors (Lipinski definition) is 1. The first-order valence-electron chi connectivity index (χ1n) is 11.2. The van der Waals surface area contributed by atoms with Gasteiger partial charge in [0, 0.05) is 24.7 Å². The number of amides is 2. The molecule has 2 rings (SSSR count). The summed E-state index contributed by atoms with van der Waals surface area (Å²) >= 11 is 0. The van der Waals surface area contributed by atoms with E-state index >= 15 is 0 Å². The molecule has 2 aromatic carbocycles. The van der Waals surface area contributed by atoms with Crippen LogP contribution in [0.3, 0.4) is 0 Å². The van der Waals surface area contributed by atoms with Crippen LogP contribution in [-0.2, 0) is 26.0 Å². The van der Waals surface area contributed by atoms with E-state index < -0.39 is 33.4 Å². The summed E-state index contributed by atoms with van der Waals surface area (Å²) in [5.41, 5.74) is 1.15. The van der Waals surface area contributed by atoms with Gasteiger partial charge in [-0.1, -0.05) is 36.4 Å². The summed E-state index contributed by atoms with van der Waals surface area (Å²) in [4.78, 5) is 38.2. The van der Waals surface area contributed by atoms with Crippen molar-refractivity contribution in [1.82, 2.24) is 10.2 Å². The molecule has 0 unspecified atom stereocenters. The van der Waals surface area contributed by atoms with Crippen molar-refractivity contribution in [2.45, 2.75) is 46.2 Å². The molecule has 35 heavy (non-hydrogen) atoms. The first-order chi connectivity index (χ1) is 16.3. The van der Waals surface area contributed by atoms with Crippen molar-refractivity contribution in [3.8, 4) is 0 Å². The molecule has 1 N–H and O–H groups in total. The van der Waals surface area contributed by atoms with Gasteiger partial charge in [-0.15, -0.1) is 0 Å². The first kappa shape index (κ1) is 27.8. The van der Waals surface area contributed by atoms with Gasteiger partial charge in [-0.3, -0.25) is 24.0 Å². The molecule has 10 nitrogen and oxygen atoms in total. The summed E-state index contributed by atoms with van der Waals surface area (Å²) in [7, 11) is -3.98. The molecular formula is C24H32N4O6S. The summed E-state index contributed by atoms with van der Waals surface area (Å²) < 4.78 is 26.2. The Morgan fingerprint density at radius 3 is 2.26 bits per heavy atom. The number of sulfonamides is 1. The maximum atomic E-state index is 13.5. The summed E-state index contributed by atoms with van der Waals surface area (Å²) in [5.74, 6) is -0.956. The summed E-state index contributed by atoms with van der Waals surface area (Å²) in [5, 5.41) is 14.0. The van der Waals surface area contributed by atoms with Crippen LogP contribution in [0.5, 0.6) is 0 Å². The predicted molar refractivity (Wildman–Crippen MR) is 135 cm³/mol. The molecule has 0 saturated heterocycles. The number of nitro groups is 1. The van der Waals surface area contributed by atoms with E-state index in [9.17, 15) is 28.1 Å². The minimum atomic E-state index is -3.98. The summed E-state index contributed by atoms with van der Waals surface area (Å²) in [6.07, 6.45) is 1.39. The fraction of sp³-hybridized carbons (Fsp3) is 0.417. The van der Waals surface area contributed by atoms with Crippen molar-refractivity contribution in [1.29, 1.82) is 0 Å². The Balaban J connectivity index is 2.40. The molecule has 0 fully saturated rings. The number of non-ortho nitro benzene ring substituents is 1. The van der Waals surface area contributed by atoms with Crippen LogP contribution < -0.4 is 9.62 Å². The third kappa shape index (κ3) is 7.78. The average Bonchev–Trinajstić information content (AvgIpc) is 2.77. The van der Waals surface area contributed by atoms with Crippen LogP contribution in [0.4, 0.5) is 11.4 Å². The summed E-state index contributed by atoms with van der Waals surface area (Å²) in [6.45, 7) is 6.38. The van der Waals surface area contributed by atoms with E-state index in [1.807, 2.05) is 30.3 Å². The van der Waals surface area contributed by atoms with Gasteiger partial charge in [0.25, 0.3) is 5.69 Å². The molecule has 0 aliphatic carbocycles. The van der Waals surface area contributed by atoms with E-state index in [1.54, 1.807) is 27.7 Å². The highest BCUT2D eigenvalue weighted by molar-refractivity contribution is 7.92. The zero-order chi connectivity index (χ0) is 26.3. The second-order valence-electron chi connectivity index (χ2n) is 8.66. The van der Waals surface area contributed by atoms with Crippen molar-refractivity contribution in [3.63, 3.8) is 0 Å². The fourth-order valence-electron chi connectivity index (χ4n) is 3.55. The molecule has 11 heteroatoms. The van der Waals surface area contributed by atoms with Gasteiger partial charge in [0.2, 0.25) is 21.8 Å². The maximum absolute atomic E-state index is 13.5. The lowest BCUT2D eigenvalue weighted by molar-refractivity contribution is -0.384. The highest BCUT2D eigenvalue weighted by Crippen LogP contribution is 2.27. The van der Waals surface area contributed by atoms with Crippen molar-refractivity contribution < 1.29 is 22.9 Å². The number of nitrogens with one attached hydrogen (secondary N) is 1. The van der Waals surface area contributed by atoms with E-state index in [4.69, 9.17) is 0 Å². The Bertz CT molecular complexity index is 1170. The Labute approximate surface area is 206 Å². The number of carbonyl (C=O) groups is 2. The lowest BCUT2D eigenvalue weighted by atomic mass is 10.1. The molecule has 190 valence electrons. The van der Waals surface area contributed by atoms with Crippen LogP contribution in [0.1, 0.15) is 31.9 Å². The van der Waals surface area contributed by atoms with Crippen LogP contribution in [0.15, 0.2) is 48.5 Å². The molecule has 0 aliphatic heterocycles. The van der Waals surface area contributed by atoms with E-state index in [1.165, 1.54) is 17.0 Å². The van der Waals surface area contributed by atoms with Gasteiger partial charge in [0.15, 0.2) is 0 Å². The normalized spacial score (nSPS) is 12.2. The number of aryl methyl sites for hydroxylation is 1. The van der Waals surface area contributed by atoms with Crippen LogP contribution >= 0.6 is 0 Å². The number of rotatable bonds is 11. The minimum absolute atomic E-state index is 0.0392. The van der Waals surface area contributed by atoms with E-state index in [2.05, 4.69) is 5.32 Å². The zero-order valence-electron chi connectivity index (χ0n) is 20.6. The highest BCUT2D eigenvalue weighted by Gasteiger charge is 2.31. The van der Waals surface area contributed by atoms with Gasteiger partial charge in [0.1, 0.15) is 12.6 Å².